The monoisotopic (exact) mass is 444 g/mol. The van der Waals surface area contributed by atoms with Gasteiger partial charge in [-0.1, -0.05) is 48.9 Å². The number of alkyl carbamates (subject to hydrolysis) is 1. The first-order valence-corrected chi connectivity index (χ1v) is 10.5. The Morgan fingerprint density at radius 3 is 2.34 bits per heavy atom. The Kier molecular flexibility index (Phi) is 10.7. The number of hydrogen-bond acceptors (Lipinski definition) is 5. The third-order valence-electron chi connectivity index (χ3n) is 4.74. The van der Waals surface area contributed by atoms with Crippen molar-refractivity contribution in [3.8, 4) is 0 Å². The molecule has 0 radical (unpaired) electrons. The molecular formula is C24H29FN2O5. The number of rotatable bonds is 12. The van der Waals surface area contributed by atoms with Crippen molar-refractivity contribution in [2.75, 3.05) is 13.7 Å². The summed E-state index contributed by atoms with van der Waals surface area (Å²) in [5.74, 6) is -1.19. The van der Waals surface area contributed by atoms with Crippen molar-refractivity contribution in [3.63, 3.8) is 0 Å². The van der Waals surface area contributed by atoms with Crippen LogP contribution < -0.4 is 10.6 Å². The van der Waals surface area contributed by atoms with Gasteiger partial charge in [-0.2, -0.15) is 0 Å². The van der Waals surface area contributed by atoms with Gasteiger partial charge in [0.15, 0.2) is 0 Å². The molecular weight excluding hydrogens is 415 g/mol. The molecule has 0 fully saturated rings. The third-order valence-corrected chi connectivity index (χ3v) is 4.74. The van der Waals surface area contributed by atoms with Crippen LogP contribution in [-0.2, 0) is 32.1 Å². The molecule has 2 aromatic rings. The molecule has 0 aliphatic carbocycles. The van der Waals surface area contributed by atoms with Crippen LogP contribution in [0.4, 0.5) is 9.18 Å². The minimum atomic E-state index is -0.834. The highest BCUT2D eigenvalue weighted by atomic mass is 19.1. The van der Waals surface area contributed by atoms with Gasteiger partial charge < -0.3 is 20.1 Å². The summed E-state index contributed by atoms with van der Waals surface area (Å²) in [6.45, 7) is 0.663. The maximum absolute atomic E-state index is 13.0. The molecule has 0 aliphatic rings. The zero-order valence-electron chi connectivity index (χ0n) is 18.1. The van der Waals surface area contributed by atoms with E-state index in [0.717, 1.165) is 12.0 Å². The Bertz CT molecular complexity index is 858. The summed E-state index contributed by atoms with van der Waals surface area (Å²) in [7, 11) is 1.25. The number of carbonyl (C=O) groups excluding carboxylic acids is 3. The second kappa shape index (κ2) is 13.8. The number of benzene rings is 2. The fourth-order valence-corrected chi connectivity index (χ4v) is 3.01. The lowest BCUT2D eigenvalue weighted by Crippen LogP contribution is -2.43. The van der Waals surface area contributed by atoms with Gasteiger partial charge in [0.1, 0.15) is 18.5 Å². The number of unbranched alkanes of at least 4 members (excludes halogenated alkanes) is 2. The number of carbonyl (C=O) groups is 3. The summed E-state index contributed by atoms with van der Waals surface area (Å²) in [5, 5.41) is 5.35. The van der Waals surface area contributed by atoms with Crippen LogP contribution in [0.3, 0.4) is 0 Å². The van der Waals surface area contributed by atoms with Crippen LogP contribution in [0.2, 0.25) is 0 Å². The summed E-state index contributed by atoms with van der Waals surface area (Å²) in [6, 6.07) is 14.3. The number of amides is 2. The van der Waals surface area contributed by atoms with Crippen LogP contribution in [0.15, 0.2) is 54.6 Å². The van der Waals surface area contributed by atoms with Gasteiger partial charge >= 0.3 is 12.1 Å². The molecule has 7 nitrogen and oxygen atoms in total. The molecule has 8 heteroatoms. The first-order chi connectivity index (χ1) is 15.5. The lowest BCUT2D eigenvalue weighted by Gasteiger charge is -2.16. The van der Waals surface area contributed by atoms with E-state index >= 15 is 0 Å². The molecule has 0 unspecified atom stereocenters. The summed E-state index contributed by atoms with van der Waals surface area (Å²) in [6.07, 6.45) is 2.02. The van der Waals surface area contributed by atoms with Crippen molar-refractivity contribution in [2.45, 2.75) is 44.8 Å². The van der Waals surface area contributed by atoms with Crippen molar-refractivity contribution >= 4 is 18.0 Å². The molecule has 2 N–H and O–H groups in total. The Balaban J connectivity index is 1.61. The van der Waals surface area contributed by atoms with E-state index in [1.807, 2.05) is 30.3 Å². The third kappa shape index (κ3) is 9.59. The zero-order valence-corrected chi connectivity index (χ0v) is 18.1. The van der Waals surface area contributed by atoms with Gasteiger partial charge in [-0.3, -0.25) is 4.79 Å². The van der Waals surface area contributed by atoms with Crippen molar-refractivity contribution in [3.05, 3.63) is 71.5 Å². The lowest BCUT2D eigenvalue weighted by atomic mass is 10.1. The highest BCUT2D eigenvalue weighted by Crippen LogP contribution is 2.08. The van der Waals surface area contributed by atoms with E-state index in [-0.39, 0.29) is 31.2 Å². The molecule has 1 atom stereocenters. The number of esters is 1. The van der Waals surface area contributed by atoms with E-state index in [1.54, 1.807) is 12.1 Å². The van der Waals surface area contributed by atoms with E-state index < -0.39 is 18.1 Å². The second-order valence-corrected chi connectivity index (χ2v) is 7.27. The highest BCUT2D eigenvalue weighted by molar-refractivity contribution is 5.84. The van der Waals surface area contributed by atoms with Gasteiger partial charge in [-0.25, -0.2) is 14.0 Å². The molecule has 2 aromatic carbocycles. The van der Waals surface area contributed by atoms with Crippen molar-refractivity contribution in [2.24, 2.45) is 0 Å². The number of halogens is 1. The fourth-order valence-electron chi connectivity index (χ4n) is 3.01. The van der Waals surface area contributed by atoms with Crippen LogP contribution in [0.1, 0.15) is 36.8 Å². The van der Waals surface area contributed by atoms with Gasteiger partial charge in [0.2, 0.25) is 5.91 Å². The maximum Gasteiger partial charge on any atom is 0.407 e. The van der Waals surface area contributed by atoms with Crippen LogP contribution >= 0.6 is 0 Å². The topological polar surface area (TPSA) is 93.7 Å². The average Bonchev–Trinajstić information content (AvgIpc) is 2.81. The Hall–Kier alpha value is -3.42. The average molecular weight is 445 g/mol. The molecule has 0 saturated carbocycles. The highest BCUT2D eigenvalue weighted by Gasteiger charge is 2.21. The first kappa shape index (κ1) is 24.8. The van der Waals surface area contributed by atoms with Crippen LogP contribution in [0.25, 0.3) is 0 Å². The van der Waals surface area contributed by atoms with Crippen molar-refractivity contribution in [1.82, 2.24) is 10.6 Å². The van der Waals surface area contributed by atoms with Gasteiger partial charge in [0, 0.05) is 19.4 Å². The Morgan fingerprint density at radius 2 is 1.66 bits per heavy atom. The van der Waals surface area contributed by atoms with Gasteiger partial charge in [-0.15, -0.1) is 0 Å². The molecule has 0 aromatic heterocycles. The van der Waals surface area contributed by atoms with E-state index in [1.165, 1.54) is 19.2 Å². The summed E-state index contributed by atoms with van der Waals surface area (Å²) in [4.78, 5) is 35.9. The normalized spacial score (nSPS) is 11.3. The maximum atomic E-state index is 13.0. The molecule has 0 heterocycles. The van der Waals surface area contributed by atoms with Crippen LogP contribution in [0.5, 0.6) is 0 Å². The number of ether oxygens (including phenoxy) is 2. The Labute approximate surface area is 187 Å². The van der Waals surface area contributed by atoms with E-state index in [4.69, 9.17) is 9.47 Å². The fraction of sp³-hybridized carbons (Fsp3) is 0.375. The molecule has 172 valence electrons. The zero-order chi connectivity index (χ0) is 23.2. The minimum Gasteiger partial charge on any atom is -0.467 e. The first-order valence-electron chi connectivity index (χ1n) is 10.5. The molecule has 0 saturated heterocycles. The standard InChI is InChI=1S/C24H29FN2O5/c1-31-23(29)21(16-18-11-13-20(25)14-12-18)27-22(28)10-6-3-7-15-26-24(30)32-17-19-8-4-2-5-9-19/h2,4-5,8-9,11-14,21H,3,6-7,10,15-17H2,1H3,(H,26,30)(H,27,28)/t21-/m0/s1. The van der Waals surface area contributed by atoms with Gasteiger partial charge in [-0.05, 0) is 36.1 Å². The van der Waals surface area contributed by atoms with Crippen LogP contribution in [0, 0.1) is 5.82 Å². The van der Waals surface area contributed by atoms with E-state index in [2.05, 4.69) is 10.6 Å². The largest absolute Gasteiger partial charge is 0.467 e. The predicted molar refractivity (Wildman–Crippen MR) is 117 cm³/mol. The second-order valence-electron chi connectivity index (χ2n) is 7.27. The van der Waals surface area contributed by atoms with Gasteiger partial charge in [0.05, 0.1) is 7.11 Å². The summed E-state index contributed by atoms with van der Waals surface area (Å²) >= 11 is 0. The van der Waals surface area contributed by atoms with E-state index in [9.17, 15) is 18.8 Å². The van der Waals surface area contributed by atoms with Crippen molar-refractivity contribution in [1.29, 1.82) is 0 Å². The molecule has 2 amide bonds. The number of methoxy groups -OCH3 is 1. The Morgan fingerprint density at radius 1 is 0.938 bits per heavy atom. The summed E-state index contributed by atoms with van der Waals surface area (Å²) in [5.41, 5.74) is 1.63. The quantitative estimate of drug-likeness (QED) is 0.386. The SMILES string of the molecule is COC(=O)[C@H](Cc1ccc(F)cc1)NC(=O)CCCCCNC(=O)OCc1ccccc1. The van der Waals surface area contributed by atoms with Gasteiger partial charge in [0.25, 0.3) is 0 Å². The number of nitrogens with one attached hydrogen (secondary N) is 2. The number of hydrogen-bond donors (Lipinski definition) is 2. The molecule has 0 spiro atoms. The molecule has 0 aliphatic heterocycles. The predicted octanol–water partition coefficient (Wildman–Crippen LogP) is 3.51. The van der Waals surface area contributed by atoms with Crippen molar-refractivity contribution < 1.29 is 28.2 Å². The molecule has 32 heavy (non-hydrogen) atoms. The minimum absolute atomic E-state index is 0.214. The van der Waals surface area contributed by atoms with E-state index in [0.29, 0.717) is 24.9 Å². The smallest absolute Gasteiger partial charge is 0.407 e. The van der Waals surface area contributed by atoms with Crippen LogP contribution in [-0.4, -0.2) is 37.7 Å². The molecule has 2 rings (SSSR count). The summed E-state index contributed by atoms with van der Waals surface area (Å²) < 4.78 is 22.9. The molecule has 0 bridgehead atoms. The lowest BCUT2D eigenvalue weighted by molar-refractivity contribution is -0.145.